The summed E-state index contributed by atoms with van der Waals surface area (Å²) in [6, 6.07) is 20.6. The molecule has 2 aliphatic rings. The van der Waals surface area contributed by atoms with Crippen molar-refractivity contribution in [2.45, 2.75) is 38.8 Å². The minimum Gasteiger partial charge on any atom is -0.497 e. The maximum absolute atomic E-state index is 12.5. The van der Waals surface area contributed by atoms with Crippen LogP contribution in [0.15, 0.2) is 69.9 Å². The molecule has 3 aromatic carbocycles. The fourth-order valence-corrected chi connectivity index (χ4v) is 5.56. The van der Waals surface area contributed by atoms with E-state index >= 15 is 0 Å². The molecular formula is C29H27NO4. The Morgan fingerprint density at radius 3 is 2.68 bits per heavy atom. The Bertz CT molecular complexity index is 1440. The summed E-state index contributed by atoms with van der Waals surface area (Å²) in [6.07, 6.45) is 3.47. The van der Waals surface area contributed by atoms with Gasteiger partial charge >= 0.3 is 5.63 Å². The molecule has 0 bridgehead atoms. The van der Waals surface area contributed by atoms with E-state index in [0.717, 1.165) is 58.5 Å². The van der Waals surface area contributed by atoms with Gasteiger partial charge in [0.25, 0.3) is 0 Å². The molecule has 5 heteroatoms. The molecule has 6 rings (SSSR count). The van der Waals surface area contributed by atoms with Crippen LogP contribution in [0, 0.1) is 6.92 Å². The molecule has 1 unspecified atom stereocenters. The van der Waals surface area contributed by atoms with Gasteiger partial charge in [-0.05, 0) is 66.6 Å². The van der Waals surface area contributed by atoms with Crippen molar-refractivity contribution < 1.29 is 13.9 Å². The van der Waals surface area contributed by atoms with Crippen LogP contribution in [0.4, 0.5) is 0 Å². The van der Waals surface area contributed by atoms with Crippen LogP contribution in [-0.2, 0) is 13.0 Å². The Labute approximate surface area is 198 Å². The van der Waals surface area contributed by atoms with Crippen molar-refractivity contribution in [2.75, 3.05) is 13.8 Å². The van der Waals surface area contributed by atoms with Crippen molar-refractivity contribution in [1.82, 2.24) is 4.90 Å². The third-order valence-corrected chi connectivity index (χ3v) is 7.22. The molecule has 1 aliphatic heterocycles. The second kappa shape index (κ2) is 8.33. The summed E-state index contributed by atoms with van der Waals surface area (Å²) in [5.41, 5.74) is 6.91. The lowest BCUT2D eigenvalue weighted by Crippen LogP contribution is -2.37. The van der Waals surface area contributed by atoms with Gasteiger partial charge in [0.1, 0.15) is 23.8 Å². The molecule has 1 aliphatic carbocycles. The molecule has 1 atom stereocenters. The van der Waals surface area contributed by atoms with Gasteiger partial charge in [-0.2, -0.15) is 0 Å². The highest BCUT2D eigenvalue weighted by molar-refractivity contribution is 5.96. The number of fused-ring (bicyclic) bond motifs is 3. The number of rotatable bonds is 3. The summed E-state index contributed by atoms with van der Waals surface area (Å²) < 4.78 is 17.3. The van der Waals surface area contributed by atoms with E-state index in [4.69, 9.17) is 13.9 Å². The van der Waals surface area contributed by atoms with Crippen LogP contribution in [-0.4, -0.2) is 18.7 Å². The number of ether oxygens (including phenoxy) is 2. The Kier molecular flexibility index (Phi) is 5.15. The summed E-state index contributed by atoms with van der Waals surface area (Å²) >= 11 is 0. The van der Waals surface area contributed by atoms with Crippen LogP contribution in [0.25, 0.3) is 22.1 Å². The van der Waals surface area contributed by atoms with E-state index in [9.17, 15) is 4.79 Å². The van der Waals surface area contributed by atoms with Crippen molar-refractivity contribution in [3.05, 3.63) is 93.3 Å². The lowest BCUT2D eigenvalue weighted by Gasteiger charge is -2.39. The summed E-state index contributed by atoms with van der Waals surface area (Å²) in [7, 11) is 1.65. The Morgan fingerprint density at radius 1 is 1.03 bits per heavy atom. The summed E-state index contributed by atoms with van der Waals surface area (Å²) in [6.45, 7) is 3.31. The van der Waals surface area contributed by atoms with E-state index in [-0.39, 0.29) is 5.63 Å². The van der Waals surface area contributed by atoms with Crippen LogP contribution in [0.3, 0.4) is 0 Å². The number of hydrogen-bond acceptors (Lipinski definition) is 5. The highest BCUT2D eigenvalue weighted by atomic mass is 16.5. The minimum absolute atomic E-state index is 0.351. The van der Waals surface area contributed by atoms with Crippen LogP contribution < -0.4 is 15.1 Å². The normalized spacial score (nSPS) is 17.6. The highest BCUT2D eigenvalue weighted by Gasteiger charge is 2.31. The van der Waals surface area contributed by atoms with E-state index in [2.05, 4.69) is 35.2 Å². The second-order valence-electron chi connectivity index (χ2n) is 9.20. The highest BCUT2D eigenvalue weighted by Crippen LogP contribution is 2.42. The van der Waals surface area contributed by atoms with Gasteiger partial charge in [0.15, 0.2) is 0 Å². The predicted octanol–water partition coefficient (Wildman–Crippen LogP) is 6.01. The van der Waals surface area contributed by atoms with Crippen molar-refractivity contribution >= 4 is 11.0 Å². The first kappa shape index (κ1) is 21.0. The van der Waals surface area contributed by atoms with Crippen LogP contribution in [0.1, 0.15) is 41.1 Å². The summed E-state index contributed by atoms with van der Waals surface area (Å²) in [4.78, 5) is 14.9. The SMILES string of the molecule is COc1ccc(-c2cc(=O)oc3c(C)c4c(cc23)CN(C2CCCc3ccccc32)CO4)cc1. The Balaban J connectivity index is 1.44. The molecule has 0 saturated heterocycles. The van der Waals surface area contributed by atoms with E-state index < -0.39 is 0 Å². The van der Waals surface area contributed by atoms with E-state index in [1.807, 2.05) is 31.2 Å². The third kappa shape index (κ3) is 3.48. The zero-order valence-electron chi connectivity index (χ0n) is 19.5. The Morgan fingerprint density at radius 2 is 1.85 bits per heavy atom. The topological polar surface area (TPSA) is 51.9 Å². The van der Waals surface area contributed by atoms with Gasteiger partial charge in [-0.3, -0.25) is 4.90 Å². The molecule has 1 aromatic heterocycles. The van der Waals surface area contributed by atoms with E-state index in [1.165, 1.54) is 17.5 Å². The van der Waals surface area contributed by atoms with Gasteiger partial charge in [-0.25, -0.2) is 4.79 Å². The first-order chi connectivity index (χ1) is 16.6. The molecule has 34 heavy (non-hydrogen) atoms. The zero-order chi connectivity index (χ0) is 23.2. The van der Waals surface area contributed by atoms with Crippen molar-refractivity contribution in [2.24, 2.45) is 0 Å². The number of nitrogens with zero attached hydrogens (tertiary/aromatic N) is 1. The maximum atomic E-state index is 12.5. The first-order valence-electron chi connectivity index (χ1n) is 11.8. The molecule has 0 N–H and O–H groups in total. The predicted molar refractivity (Wildman–Crippen MR) is 132 cm³/mol. The van der Waals surface area contributed by atoms with Gasteiger partial charge in [0, 0.05) is 35.2 Å². The second-order valence-corrected chi connectivity index (χ2v) is 9.20. The lowest BCUT2D eigenvalue weighted by atomic mass is 9.86. The minimum atomic E-state index is -0.363. The largest absolute Gasteiger partial charge is 0.497 e. The summed E-state index contributed by atoms with van der Waals surface area (Å²) in [5.74, 6) is 1.62. The molecule has 5 nitrogen and oxygen atoms in total. The number of aryl methyl sites for hydroxylation is 2. The molecular weight excluding hydrogens is 426 g/mol. The standard InChI is InChI=1S/C29H27NO4/c1-18-28-21(16-30(17-33-28)26-9-5-7-19-6-3-4-8-23(19)26)14-25-24(15-27(31)34-29(18)25)20-10-12-22(32-2)13-11-20/h3-4,6,8,10-15,26H,5,7,9,16-17H2,1-2H3. The van der Waals surface area contributed by atoms with Crippen molar-refractivity contribution in [1.29, 1.82) is 0 Å². The van der Waals surface area contributed by atoms with E-state index in [0.29, 0.717) is 18.4 Å². The Hall–Kier alpha value is -3.57. The number of benzene rings is 3. The van der Waals surface area contributed by atoms with Gasteiger partial charge in [-0.1, -0.05) is 36.4 Å². The van der Waals surface area contributed by atoms with Crippen molar-refractivity contribution in [3.8, 4) is 22.6 Å². The van der Waals surface area contributed by atoms with E-state index in [1.54, 1.807) is 13.2 Å². The molecule has 4 aromatic rings. The van der Waals surface area contributed by atoms with Crippen LogP contribution in [0.5, 0.6) is 11.5 Å². The zero-order valence-corrected chi connectivity index (χ0v) is 19.5. The average Bonchev–Trinajstić information content (AvgIpc) is 2.88. The van der Waals surface area contributed by atoms with Gasteiger partial charge in [0.2, 0.25) is 0 Å². The smallest absolute Gasteiger partial charge is 0.336 e. The molecule has 172 valence electrons. The number of hydrogen-bond donors (Lipinski definition) is 0. The van der Waals surface area contributed by atoms with Crippen molar-refractivity contribution in [3.63, 3.8) is 0 Å². The van der Waals surface area contributed by atoms with Gasteiger partial charge < -0.3 is 13.9 Å². The van der Waals surface area contributed by atoms with Gasteiger partial charge in [0.05, 0.1) is 7.11 Å². The fourth-order valence-electron chi connectivity index (χ4n) is 5.56. The first-order valence-corrected chi connectivity index (χ1v) is 11.8. The van der Waals surface area contributed by atoms with Gasteiger partial charge in [-0.15, -0.1) is 0 Å². The lowest BCUT2D eigenvalue weighted by molar-refractivity contribution is 0.0475. The van der Waals surface area contributed by atoms with Crippen LogP contribution in [0.2, 0.25) is 0 Å². The fraction of sp³-hybridized carbons (Fsp3) is 0.276. The number of methoxy groups -OCH3 is 1. The summed E-state index contributed by atoms with van der Waals surface area (Å²) in [5, 5.41) is 0.926. The molecule has 0 amide bonds. The third-order valence-electron chi connectivity index (χ3n) is 7.22. The molecule has 0 spiro atoms. The maximum Gasteiger partial charge on any atom is 0.336 e. The monoisotopic (exact) mass is 453 g/mol. The molecule has 0 radical (unpaired) electrons. The average molecular weight is 454 g/mol. The molecule has 2 heterocycles. The molecule has 0 fully saturated rings. The molecule has 0 saturated carbocycles. The van der Waals surface area contributed by atoms with Crippen LogP contribution >= 0.6 is 0 Å². The quantitative estimate of drug-likeness (QED) is 0.356.